The van der Waals surface area contributed by atoms with Gasteiger partial charge in [0.2, 0.25) is 0 Å². The lowest BCUT2D eigenvalue weighted by Crippen LogP contribution is -2.31. The standard InChI is InChI=1S/C21H28IN5O2/c1-2-13-29-21(28)15-7-8-16-17(14-15)24-20-18(16)19(25-22-26-20)23-9-6-12-27-10-4-3-5-11-27/h7-8,14H,2-6,9-13H2,1H3,(H2,23,24,25,26). The van der Waals surface area contributed by atoms with Crippen molar-refractivity contribution in [3.05, 3.63) is 29.3 Å². The summed E-state index contributed by atoms with van der Waals surface area (Å²) in [6, 6.07) is 5.65. The van der Waals surface area contributed by atoms with Crippen LogP contribution in [-0.2, 0) is 4.74 Å². The molecule has 2 aromatic rings. The molecule has 8 heteroatoms. The highest BCUT2D eigenvalue weighted by Gasteiger charge is 2.21. The lowest BCUT2D eigenvalue weighted by atomic mass is 10.1. The van der Waals surface area contributed by atoms with Crippen LogP contribution in [0.15, 0.2) is 26.3 Å². The van der Waals surface area contributed by atoms with Crippen LogP contribution in [0.25, 0.3) is 10.9 Å². The zero-order valence-corrected chi connectivity index (χ0v) is 19.0. The van der Waals surface area contributed by atoms with Crippen molar-refractivity contribution in [2.24, 2.45) is 8.14 Å². The summed E-state index contributed by atoms with van der Waals surface area (Å²) < 4.78 is 13.3. The van der Waals surface area contributed by atoms with Crippen molar-refractivity contribution in [2.45, 2.75) is 39.0 Å². The van der Waals surface area contributed by atoms with E-state index in [0.717, 1.165) is 54.1 Å². The van der Waals surface area contributed by atoms with Crippen LogP contribution in [0.1, 0.15) is 54.9 Å². The van der Waals surface area contributed by atoms with Crippen molar-refractivity contribution in [3.8, 4) is 0 Å². The number of aromatic amines is 1. The molecule has 0 amide bonds. The molecule has 2 aliphatic heterocycles. The monoisotopic (exact) mass is 509 g/mol. The molecule has 29 heavy (non-hydrogen) atoms. The molecule has 2 aliphatic rings. The number of carbonyl (C=O) groups excluding carboxylic acids is 1. The first kappa shape index (κ1) is 20.5. The molecule has 3 heterocycles. The predicted molar refractivity (Wildman–Crippen MR) is 124 cm³/mol. The van der Waals surface area contributed by atoms with Gasteiger partial charge in [0.15, 0.2) is 0 Å². The number of rotatable bonds is 7. The highest BCUT2D eigenvalue weighted by atomic mass is 127. The normalized spacial score (nSPS) is 18.3. The van der Waals surface area contributed by atoms with Gasteiger partial charge < -0.3 is 18.2 Å². The fourth-order valence-electron chi connectivity index (χ4n) is 3.82. The average molecular weight is 509 g/mol. The first-order valence-corrected chi connectivity index (χ1v) is 12.5. The van der Waals surface area contributed by atoms with Crippen molar-refractivity contribution in [3.63, 3.8) is 0 Å². The molecule has 0 bridgehead atoms. The highest BCUT2D eigenvalue weighted by Crippen LogP contribution is 2.34. The summed E-state index contributed by atoms with van der Waals surface area (Å²) in [5.74, 6) is 1.53. The lowest BCUT2D eigenvalue weighted by molar-refractivity contribution is 0.0505. The van der Waals surface area contributed by atoms with Gasteiger partial charge in [-0.1, -0.05) is 19.4 Å². The number of likely N-dealkylation sites (tertiary alicyclic amines) is 1. The van der Waals surface area contributed by atoms with Crippen LogP contribution < -0.4 is 3.53 Å². The molecule has 0 radical (unpaired) electrons. The third-order valence-electron chi connectivity index (χ3n) is 5.30. The number of aromatic nitrogens is 1. The van der Waals surface area contributed by atoms with E-state index in [1.807, 2.05) is 25.1 Å². The molecule has 1 fully saturated rings. The Hall–Kier alpha value is -1.81. The number of H-pyrrole nitrogens is 1. The van der Waals surface area contributed by atoms with E-state index in [0.29, 0.717) is 12.2 Å². The van der Waals surface area contributed by atoms with Gasteiger partial charge in [0, 0.05) is 17.4 Å². The zero-order chi connectivity index (χ0) is 20.1. The molecule has 4 rings (SSSR count). The molecule has 1 aromatic heterocycles. The maximum atomic E-state index is 12.2. The molecule has 0 saturated carbocycles. The van der Waals surface area contributed by atoms with Gasteiger partial charge in [-0.3, -0.25) is 4.99 Å². The molecule has 0 unspecified atom stereocenters. The van der Waals surface area contributed by atoms with E-state index in [4.69, 9.17) is 9.73 Å². The second-order valence-electron chi connectivity index (χ2n) is 7.49. The van der Waals surface area contributed by atoms with Gasteiger partial charge in [-0.15, -0.1) is 0 Å². The van der Waals surface area contributed by atoms with Crippen LogP contribution in [0.5, 0.6) is 0 Å². The number of hydrogen-bond acceptors (Lipinski definition) is 5. The number of nitrogens with one attached hydrogen (secondary N) is 2. The number of amidine groups is 1. The molecule has 1 aromatic carbocycles. The van der Waals surface area contributed by atoms with Gasteiger partial charge in [0.1, 0.15) is 33.0 Å². The van der Waals surface area contributed by atoms with Crippen LogP contribution >= 0.6 is 21.3 Å². The van der Waals surface area contributed by atoms with Crippen molar-refractivity contribution in [1.29, 1.82) is 0 Å². The van der Waals surface area contributed by atoms with Gasteiger partial charge in [0.05, 0.1) is 17.7 Å². The molecular formula is C21H28IN5O2. The number of hydrogen-bond donors (Lipinski definition) is 2. The summed E-state index contributed by atoms with van der Waals surface area (Å²) in [7, 11) is 0. The SMILES string of the molecule is CCCOC(=O)c1ccc2c3c([nH]c2c1)N=INC3=NCCCN1CCCCC1. The first-order chi connectivity index (χ1) is 14.3. The Morgan fingerprint density at radius 3 is 3.00 bits per heavy atom. The largest absolute Gasteiger partial charge is 0.462 e. The molecule has 156 valence electrons. The van der Waals surface area contributed by atoms with Crippen LogP contribution in [0.3, 0.4) is 0 Å². The Balaban J connectivity index is 1.48. The number of piperidine rings is 1. The minimum Gasteiger partial charge on any atom is -0.462 e. The molecule has 0 spiro atoms. The molecule has 2 N–H and O–H groups in total. The lowest BCUT2D eigenvalue weighted by Gasteiger charge is -2.25. The predicted octanol–water partition coefficient (Wildman–Crippen LogP) is 4.66. The quantitative estimate of drug-likeness (QED) is 0.246. The average Bonchev–Trinajstić information content (AvgIpc) is 3.14. The van der Waals surface area contributed by atoms with Crippen LogP contribution in [0.2, 0.25) is 0 Å². The van der Waals surface area contributed by atoms with Crippen molar-refractivity contribution in [2.75, 3.05) is 32.8 Å². The third-order valence-corrected chi connectivity index (χ3v) is 6.77. The number of benzene rings is 1. The fourth-order valence-corrected chi connectivity index (χ4v) is 5.21. The number of carbonyl (C=O) groups is 1. The second kappa shape index (κ2) is 9.80. The smallest absolute Gasteiger partial charge is 0.338 e. The van der Waals surface area contributed by atoms with Crippen LogP contribution in [-0.4, -0.2) is 54.5 Å². The number of halogens is 1. The number of nitrogens with zero attached hydrogens (tertiary/aromatic N) is 3. The topological polar surface area (TPSA) is 82.1 Å². The Labute approximate surface area is 181 Å². The number of ether oxygens (including phenoxy) is 1. The van der Waals surface area contributed by atoms with Gasteiger partial charge in [-0.2, -0.15) is 3.15 Å². The summed E-state index contributed by atoms with van der Waals surface area (Å²) >= 11 is -0.506. The number of fused-ring (bicyclic) bond motifs is 3. The molecule has 0 atom stereocenters. The molecule has 0 aliphatic carbocycles. The van der Waals surface area contributed by atoms with E-state index in [9.17, 15) is 4.79 Å². The van der Waals surface area contributed by atoms with E-state index >= 15 is 0 Å². The summed E-state index contributed by atoms with van der Waals surface area (Å²) in [5.41, 5.74) is 2.49. The summed E-state index contributed by atoms with van der Waals surface area (Å²) in [6.07, 6.45) is 5.92. The number of esters is 1. The Morgan fingerprint density at radius 2 is 2.17 bits per heavy atom. The van der Waals surface area contributed by atoms with Crippen molar-refractivity contribution < 1.29 is 9.53 Å². The first-order valence-electron chi connectivity index (χ1n) is 10.5. The van der Waals surface area contributed by atoms with Gasteiger partial charge in [0.25, 0.3) is 0 Å². The number of aliphatic imine (C=N–C) groups is 1. The van der Waals surface area contributed by atoms with Gasteiger partial charge in [-0.05, 0) is 57.5 Å². The van der Waals surface area contributed by atoms with Crippen LogP contribution in [0.4, 0.5) is 5.82 Å². The molecular weight excluding hydrogens is 481 g/mol. The van der Waals surface area contributed by atoms with E-state index in [1.165, 1.54) is 32.4 Å². The Bertz CT molecular complexity index is 931. The Morgan fingerprint density at radius 1 is 1.31 bits per heavy atom. The third kappa shape index (κ3) is 4.85. The highest BCUT2D eigenvalue weighted by molar-refractivity contribution is 14.1. The maximum Gasteiger partial charge on any atom is 0.338 e. The van der Waals surface area contributed by atoms with E-state index in [1.54, 1.807) is 0 Å². The van der Waals surface area contributed by atoms with Crippen molar-refractivity contribution in [1.82, 2.24) is 13.4 Å². The Kier molecular flexibility index (Phi) is 6.91. The van der Waals surface area contributed by atoms with Gasteiger partial charge in [-0.25, -0.2) is 4.79 Å². The summed E-state index contributed by atoms with van der Waals surface area (Å²) in [6.45, 7) is 6.83. The van der Waals surface area contributed by atoms with Crippen LogP contribution in [0, 0.1) is 0 Å². The minimum atomic E-state index is -0.506. The zero-order valence-electron chi connectivity index (χ0n) is 16.8. The molecule has 1 saturated heterocycles. The summed E-state index contributed by atoms with van der Waals surface area (Å²) in [4.78, 5) is 22.9. The van der Waals surface area contributed by atoms with Gasteiger partial charge >= 0.3 is 5.97 Å². The minimum absolute atomic E-state index is 0.282. The molecule has 7 nitrogen and oxygen atoms in total. The van der Waals surface area contributed by atoms with E-state index in [2.05, 4.69) is 16.6 Å². The van der Waals surface area contributed by atoms with E-state index in [-0.39, 0.29) is 5.97 Å². The summed E-state index contributed by atoms with van der Waals surface area (Å²) in [5, 5.41) is 1.04. The van der Waals surface area contributed by atoms with E-state index < -0.39 is 21.3 Å². The maximum absolute atomic E-state index is 12.2. The van der Waals surface area contributed by atoms with Crippen molar-refractivity contribution >= 4 is 49.8 Å². The second-order valence-corrected chi connectivity index (χ2v) is 9.00. The fraction of sp³-hybridized carbons (Fsp3) is 0.524.